The zero-order chi connectivity index (χ0) is 15.5. The van der Waals surface area contributed by atoms with E-state index in [0.29, 0.717) is 24.7 Å². The van der Waals surface area contributed by atoms with E-state index in [2.05, 4.69) is 15.3 Å². The third kappa shape index (κ3) is 2.95. The molecule has 0 fully saturated rings. The Morgan fingerprint density at radius 1 is 1.23 bits per heavy atom. The van der Waals surface area contributed by atoms with Gasteiger partial charge in [-0.15, -0.1) is 0 Å². The van der Waals surface area contributed by atoms with Crippen LogP contribution in [0, 0.1) is 0 Å². The van der Waals surface area contributed by atoms with Crippen LogP contribution in [-0.4, -0.2) is 22.5 Å². The highest BCUT2D eigenvalue weighted by molar-refractivity contribution is 6.03. The smallest absolute Gasteiger partial charge is 0.270 e. The van der Waals surface area contributed by atoms with Gasteiger partial charge in [0.25, 0.3) is 5.89 Å². The summed E-state index contributed by atoms with van der Waals surface area (Å²) >= 11 is 0. The van der Waals surface area contributed by atoms with Crippen LogP contribution in [0.3, 0.4) is 0 Å². The SMILES string of the molecule is CC(C)c1noc(C(C)ON=C2CCOc3ccccc32)n1. The lowest BCUT2D eigenvalue weighted by atomic mass is 10.0. The second kappa shape index (κ2) is 6.17. The van der Waals surface area contributed by atoms with Crippen LogP contribution in [0.4, 0.5) is 0 Å². The van der Waals surface area contributed by atoms with Crippen molar-refractivity contribution in [1.82, 2.24) is 10.1 Å². The zero-order valence-corrected chi connectivity index (χ0v) is 12.9. The molecule has 0 saturated carbocycles. The Hall–Kier alpha value is -2.37. The molecule has 0 amide bonds. The Bertz CT molecular complexity index is 679. The highest BCUT2D eigenvalue weighted by atomic mass is 16.6. The first kappa shape index (κ1) is 14.6. The first-order valence-corrected chi connectivity index (χ1v) is 7.43. The number of para-hydroxylation sites is 1. The van der Waals surface area contributed by atoms with Gasteiger partial charge in [-0.2, -0.15) is 4.98 Å². The van der Waals surface area contributed by atoms with Crippen molar-refractivity contribution in [2.75, 3.05) is 6.61 Å². The van der Waals surface area contributed by atoms with E-state index in [1.54, 1.807) is 0 Å². The Balaban J connectivity index is 1.74. The molecule has 0 radical (unpaired) electrons. The van der Waals surface area contributed by atoms with Gasteiger partial charge in [0.1, 0.15) is 5.75 Å². The third-order valence-electron chi connectivity index (χ3n) is 3.44. The summed E-state index contributed by atoms with van der Waals surface area (Å²) in [5, 5.41) is 8.20. The van der Waals surface area contributed by atoms with E-state index in [1.165, 1.54) is 0 Å². The van der Waals surface area contributed by atoms with Crippen molar-refractivity contribution < 1.29 is 14.1 Å². The van der Waals surface area contributed by atoms with E-state index in [0.717, 1.165) is 17.0 Å². The van der Waals surface area contributed by atoms with E-state index in [-0.39, 0.29) is 12.0 Å². The van der Waals surface area contributed by atoms with Gasteiger partial charge in [0, 0.05) is 17.9 Å². The van der Waals surface area contributed by atoms with Crippen molar-refractivity contribution >= 4 is 5.71 Å². The summed E-state index contributed by atoms with van der Waals surface area (Å²) < 4.78 is 10.8. The van der Waals surface area contributed by atoms with E-state index in [1.807, 2.05) is 45.0 Å². The van der Waals surface area contributed by atoms with Gasteiger partial charge < -0.3 is 14.1 Å². The number of ether oxygens (including phenoxy) is 1. The number of benzene rings is 1. The predicted octanol–water partition coefficient (Wildman–Crippen LogP) is 3.46. The van der Waals surface area contributed by atoms with Gasteiger partial charge in [0.05, 0.1) is 12.3 Å². The van der Waals surface area contributed by atoms with Crippen LogP contribution in [0.2, 0.25) is 0 Å². The molecule has 3 rings (SSSR count). The van der Waals surface area contributed by atoms with Crippen LogP contribution >= 0.6 is 0 Å². The predicted molar refractivity (Wildman–Crippen MR) is 81.0 cm³/mol. The summed E-state index contributed by atoms with van der Waals surface area (Å²) in [4.78, 5) is 9.87. The van der Waals surface area contributed by atoms with Crippen molar-refractivity contribution in [3.63, 3.8) is 0 Å². The van der Waals surface area contributed by atoms with Gasteiger partial charge in [0.15, 0.2) is 5.82 Å². The summed E-state index contributed by atoms with van der Waals surface area (Å²) in [5.74, 6) is 2.17. The zero-order valence-electron chi connectivity index (χ0n) is 12.9. The minimum absolute atomic E-state index is 0.221. The lowest BCUT2D eigenvalue weighted by Crippen LogP contribution is -2.16. The van der Waals surface area contributed by atoms with Crippen molar-refractivity contribution in [2.24, 2.45) is 5.16 Å². The largest absolute Gasteiger partial charge is 0.492 e. The molecule has 0 spiro atoms. The fourth-order valence-corrected chi connectivity index (χ4v) is 2.15. The lowest BCUT2D eigenvalue weighted by Gasteiger charge is -2.18. The molecule has 1 aliphatic heterocycles. The Labute approximate surface area is 129 Å². The maximum Gasteiger partial charge on any atom is 0.270 e. The Morgan fingerprint density at radius 3 is 2.82 bits per heavy atom. The quantitative estimate of drug-likeness (QED) is 0.809. The summed E-state index contributed by atoms with van der Waals surface area (Å²) in [7, 11) is 0. The molecule has 6 heteroatoms. The number of oxime groups is 1. The Kier molecular flexibility index (Phi) is 4.09. The minimum Gasteiger partial charge on any atom is -0.492 e. The molecule has 0 bridgehead atoms. The van der Waals surface area contributed by atoms with Crippen LogP contribution < -0.4 is 4.74 Å². The van der Waals surface area contributed by atoms with Crippen LogP contribution in [0.25, 0.3) is 0 Å². The third-order valence-corrected chi connectivity index (χ3v) is 3.44. The van der Waals surface area contributed by atoms with Crippen molar-refractivity contribution in [3.8, 4) is 5.75 Å². The molecular weight excluding hydrogens is 282 g/mol. The normalized spacial score (nSPS) is 17.2. The summed E-state index contributed by atoms with van der Waals surface area (Å²) in [6, 6.07) is 7.81. The van der Waals surface area contributed by atoms with E-state index in [4.69, 9.17) is 14.1 Å². The molecule has 0 aliphatic carbocycles. The second-order valence-corrected chi connectivity index (χ2v) is 5.53. The first-order valence-electron chi connectivity index (χ1n) is 7.43. The van der Waals surface area contributed by atoms with Crippen LogP contribution in [-0.2, 0) is 4.84 Å². The molecule has 6 nitrogen and oxygen atoms in total. The van der Waals surface area contributed by atoms with Gasteiger partial charge in [-0.05, 0) is 19.1 Å². The van der Waals surface area contributed by atoms with Gasteiger partial charge in [0.2, 0.25) is 6.10 Å². The molecule has 2 heterocycles. The van der Waals surface area contributed by atoms with E-state index in [9.17, 15) is 0 Å². The summed E-state index contributed by atoms with van der Waals surface area (Å²) in [6.07, 6.45) is 0.327. The highest BCUT2D eigenvalue weighted by Crippen LogP contribution is 2.25. The topological polar surface area (TPSA) is 69.7 Å². The van der Waals surface area contributed by atoms with Crippen LogP contribution in [0.15, 0.2) is 33.9 Å². The van der Waals surface area contributed by atoms with Gasteiger partial charge >= 0.3 is 0 Å². The fraction of sp³-hybridized carbons (Fsp3) is 0.438. The van der Waals surface area contributed by atoms with Crippen molar-refractivity contribution in [3.05, 3.63) is 41.5 Å². The number of hydrogen-bond acceptors (Lipinski definition) is 6. The number of hydrogen-bond donors (Lipinski definition) is 0. The van der Waals surface area contributed by atoms with Crippen LogP contribution in [0.1, 0.15) is 56.5 Å². The molecule has 1 unspecified atom stereocenters. The summed E-state index contributed by atoms with van der Waals surface area (Å²) in [5.41, 5.74) is 1.84. The highest BCUT2D eigenvalue weighted by Gasteiger charge is 2.20. The van der Waals surface area contributed by atoms with Crippen LogP contribution in [0.5, 0.6) is 5.75 Å². The van der Waals surface area contributed by atoms with Crippen molar-refractivity contribution in [1.29, 1.82) is 0 Å². The number of fused-ring (bicyclic) bond motifs is 1. The summed E-state index contributed by atoms with van der Waals surface area (Å²) in [6.45, 7) is 6.47. The number of nitrogens with zero attached hydrogens (tertiary/aromatic N) is 3. The molecule has 2 aromatic rings. The molecule has 22 heavy (non-hydrogen) atoms. The molecule has 1 aliphatic rings. The van der Waals surface area contributed by atoms with E-state index >= 15 is 0 Å². The minimum atomic E-state index is -0.387. The monoisotopic (exact) mass is 301 g/mol. The maximum absolute atomic E-state index is 5.60. The first-order chi connectivity index (χ1) is 10.6. The molecule has 0 N–H and O–H groups in total. The lowest BCUT2D eigenvalue weighted by molar-refractivity contribution is 0.0473. The average molecular weight is 301 g/mol. The van der Waals surface area contributed by atoms with Gasteiger partial charge in [-0.3, -0.25) is 0 Å². The molecule has 1 atom stereocenters. The molecule has 0 saturated heterocycles. The molecular formula is C16H19N3O3. The van der Waals surface area contributed by atoms with Gasteiger partial charge in [-0.25, -0.2) is 0 Å². The fourth-order valence-electron chi connectivity index (χ4n) is 2.15. The van der Waals surface area contributed by atoms with Gasteiger partial charge in [-0.1, -0.05) is 36.3 Å². The number of rotatable bonds is 4. The van der Waals surface area contributed by atoms with Crippen molar-refractivity contribution in [2.45, 2.75) is 39.2 Å². The molecule has 116 valence electrons. The Morgan fingerprint density at radius 2 is 2.05 bits per heavy atom. The molecule has 1 aromatic carbocycles. The number of aromatic nitrogens is 2. The second-order valence-electron chi connectivity index (χ2n) is 5.53. The maximum atomic E-state index is 5.60. The average Bonchev–Trinajstić information content (AvgIpc) is 3.03. The standard InChI is InChI=1S/C16H19N3O3/c1-10(2)15-17-16(22-19-15)11(3)21-18-13-8-9-20-14-7-5-4-6-12(13)14/h4-7,10-11H,8-9H2,1-3H3. The molecule has 1 aromatic heterocycles. The van der Waals surface area contributed by atoms with E-state index < -0.39 is 0 Å².